The number of morpholine rings is 1. The number of nitrogens with one attached hydrogen (secondary N) is 1. The zero-order chi connectivity index (χ0) is 19.9. The van der Waals surface area contributed by atoms with Crippen molar-refractivity contribution in [3.8, 4) is 0 Å². The number of hydrogen-bond acceptors (Lipinski definition) is 5. The molecule has 1 aliphatic heterocycles. The fraction of sp³-hybridized carbons (Fsp3) is 0.400. The Morgan fingerprint density at radius 3 is 2.54 bits per heavy atom. The molecule has 8 nitrogen and oxygen atoms in total. The Labute approximate surface area is 163 Å². The van der Waals surface area contributed by atoms with Crippen molar-refractivity contribution in [2.75, 3.05) is 37.7 Å². The van der Waals surface area contributed by atoms with Crippen LogP contribution in [0.5, 0.6) is 0 Å². The van der Waals surface area contributed by atoms with Crippen LogP contribution in [0.15, 0.2) is 47.1 Å². The highest BCUT2D eigenvalue weighted by molar-refractivity contribution is 5.80. The van der Waals surface area contributed by atoms with Crippen LogP contribution >= 0.6 is 0 Å². The zero-order valence-corrected chi connectivity index (χ0v) is 15.8. The number of amides is 2. The van der Waals surface area contributed by atoms with Gasteiger partial charge in [0.15, 0.2) is 0 Å². The van der Waals surface area contributed by atoms with Gasteiger partial charge in [-0.15, -0.1) is 0 Å². The lowest BCUT2D eigenvalue weighted by molar-refractivity contribution is -0.137. The van der Waals surface area contributed by atoms with Crippen molar-refractivity contribution in [1.29, 1.82) is 0 Å². The first-order chi connectivity index (χ1) is 13.5. The number of carboxylic acid groups (broad SMARTS) is 1. The van der Waals surface area contributed by atoms with E-state index in [0.717, 1.165) is 37.6 Å². The Bertz CT molecular complexity index is 770. The van der Waals surface area contributed by atoms with E-state index in [1.54, 1.807) is 12.1 Å². The highest BCUT2D eigenvalue weighted by Gasteiger charge is 2.20. The molecule has 150 valence electrons. The minimum atomic E-state index is -1.08. The Hall–Kier alpha value is -3.00. The number of carbonyl (C=O) groups is 2. The van der Waals surface area contributed by atoms with Crippen LogP contribution in [0, 0.1) is 0 Å². The summed E-state index contributed by atoms with van der Waals surface area (Å²) >= 11 is 0. The molecule has 1 unspecified atom stereocenters. The molecule has 2 N–H and O–H groups in total. The molecule has 0 aliphatic carbocycles. The molecular formula is C20H25N3O5. The van der Waals surface area contributed by atoms with Gasteiger partial charge < -0.3 is 29.4 Å². The number of hydrogen-bond donors (Lipinski definition) is 2. The van der Waals surface area contributed by atoms with E-state index in [0.29, 0.717) is 5.76 Å². The van der Waals surface area contributed by atoms with Crippen molar-refractivity contribution in [2.24, 2.45) is 0 Å². The lowest BCUT2D eigenvalue weighted by Crippen LogP contribution is -2.43. The largest absolute Gasteiger partial charge is 0.480 e. The maximum atomic E-state index is 12.6. The summed E-state index contributed by atoms with van der Waals surface area (Å²) in [6.45, 7) is 4.73. The zero-order valence-electron chi connectivity index (χ0n) is 15.8. The third kappa shape index (κ3) is 5.26. The fourth-order valence-electron chi connectivity index (χ4n) is 3.11. The van der Waals surface area contributed by atoms with E-state index in [1.807, 2.05) is 31.2 Å². The number of ether oxygens (including phenoxy) is 1. The molecule has 1 aliphatic rings. The molecule has 1 fully saturated rings. The molecule has 8 heteroatoms. The lowest BCUT2D eigenvalue weighted by atomic mass is 10.1. The van der Waals surface area contributed by atoms with E-state index < -0.39 is 18.5 Å². The first kappa shape index (κ1) is 19.8. The molecule has 3 rings (SSSR count). The minimum absolute atomic E-state index is 0.0911. The van der Waals surface area contributed by atoms with E-state index in [9.17, 15) is 9.59 Å². The number of anilines is 1. The maximum absolute atomic E-state index is 12.6. The summed E-state index contributed by atoms with van der Waals surface area (Å²) in [5.41, 5.74) is 2.06. The second kappa shape index (κ2) is 9.27. The molecule has 0 bridgehead atoms. The number of benzene rings is 1. The molecule has 1 aromatic heterocycles. The molecule has 1 aromatic carbocycles. The summed E-state index contributed by atoms with van der Waals surface area (Å²) in [6.07, 6.45) is 1.49. The van der Waals surface area contributed by atoms with Crippen LogP contribution in [0.3, 0.4) is 0 Å². The van der Waals surface area contributed by atoms with Crippen LogP contribution in [0.4, 0.5) is 10.5 Å². The summed E-state index contributed by atoms with van der Waals surface area (Å²) in [5.74, 6) is -0.553. The van der Waals surface area contributed by atoms with Crippen LogP contribution in [0.25, 0.3) is 0 Å². The van der Waals surface area contributed by atoms with Gasteiger partial charge in [-0.25, -0.2) is 4.79 Å². The third-order valence-corrected chi connectivity index (χ3v) is 4.65. The molecule has 2 heterocycles. The predicted molar refractivity (Wildman–Crippen MR) is 103 cm³/mol. The van der Waals surface area contributed by atoms with Gasteiger partial charge in [0.1, 0.15) is 12.3 Å². The molecule has 2 amide bonds. The highest BCUT2D eigenvalue weighted by atomic mass is 16.5. The van der Waals surface area contributed by atoms with Gasteiger partial charge in [-0.2, -0.15) is 0 Å². The molecule has 2 aromatic rings. The van der Waals surface area contributed by atoms with Gasteiger partial charge in [-0.1, -0.05) is 12.1 Å². The van der Waals surface area contributed by atoms with E-state index in [1.165, 1.54) is 11.2 Å². The maximum Gasteiger partial charge on any atom is 0.323 e. The first-order valence-corrected chi connectivity index (χ1v) is 9.25. The average molecular weight is 387 g/mol. The van der Waals surface area contributed by atoms with Crippen molar-refractivity contribution in [1.82, 2.24) is 10.2 Å². The first-order valence-electron chi connectivity index (χ1n) is 9.25. The quantitative estimate of drug-likeness (QED) is 0.758. The van der Waals surface area contributed by atoms with Crippen molar-refractivity contribution in [3.05, 3.63) is 54.0 Å². The lowest BCUT2D eigenvalue weighted by Gasteiger charge is -2.29. The second-order valence-corrected chi connectivity index (χ2v) is 6.69. The number of furan rings is 1. The number of nitrogens with zero attached hydrogens (tertiary/aromatic N) is 2. The van der Waals surface area contributed by atoms with Crippen molar-refractivity contribution < 1.29 is 23.8 Å². The van der Waals surface area contributed by atoms with Crippen LogP contribution in [0.2, 0.25) is 0 Å². The topological polar surface area (TPSA) is 95.2 Å². The number of carboxylic acids is 1. The van der Waals surface area contributed by atoms with Gasteiger partial charge in [0.25, 0.3) is 0 Å². The van der Waals surface area contributed by atoms with Gasteiger partial charge in [-0.3, -0.25) is 4.79 Å². The van der Waals surface area contributed by atoms with Gasteiger partial charge in [0.05, 0.1) is 32.1 Å². The normalized spacial score (nSPS) is 15.1. The number of rotatable bonds is 7. The second-order valence-electron chi connectivity index (χ2n) is 6.69. The molecule has 0 spiro atoms. The fourth-order valence-corrected chi connectivity index (χ4v) is 3.11. The van der Waals surface area contributed by atoms with Crippen molar-refractivity contribution in [3.63, 3.8) is 0 Å². The summed E-state index contributed by atoms with van der Waals surface area (Å²) in [4.78, 5) is 27.2. The summed E-state index contributed by atoms with van der Waals surface area (Å²) in [5, 5.41) is 12.0. The highest BCUT2D eigenvalue weighted by Crippen LogP contribution is 2.20. The van der Waals surface area contributed by atoms with Gasteiger partial charge in [0.2, 0.25) is 0 Å². The van der Waals surface area contributed by atoms with E-state index in [-0.39, 0.29) is 12.6 Å². The molecule has 1 saturated heterocycles. The monoisotopic (exact) mass is 387 g/mol. The Morgan fingerprint density at radius 2 is 1.93 bits per heavy atom. The smallest absolute Gasteiger partial charge is 0.323 e. The SMILES string of the molecule is CC(NC(=O)N(CC(=O)O)Cc1ccco1)c1ccc(N2CCOCC2)cc1. The number of carbonyl (C=O) groups excluding carboxylic acids is 1. The standard InChI is InChI=1S/C20H25N3O5/c1-15(16-4-6-17(7-5-16)22-8-11-27-12-9-22)21-20(26)23(14-19(24)25)13-18-3-2-10-28-18/h2-7,10,15H,8-9,11-14H2,1H3,(H,21,26)(H,24,25). The van der Waals surface area contributed by atoms with Crippen molar-refractivity contribution in [2.45, 2.75) is 19.5 Å². The van der Waals surface area contributed by atoms with Gasteiger partial charge in [-0.05, 0) is 36.8 Å². The molecular weight excluding hydrogens is 362 g/mol. The molecule has 1 atom stereocenters. The molecule has 0 saturated carbocycles. The van der Waals surface area contributed by atoms with Crippen LogP contribution in [0.1, 0.15) is 24.3 Å². The van der Waals surface area contributed by atoms with Crippen LogP contribution < -0.4 is 10.2 Å². The third-order valence-electron chi connectivity index (χ3n) is 4.65. The Kier molecular flexibility index (Phi) is 6.54. The van der Waals surface area contributed by atoms with Gasteiger partial charge in [0, 0.05) is 18.8 Å². The average Bonchev–Trinajstić information content (AvgIpc) is 3.21. The van der Waals surface area contributed by atoms with Gasteiger partial charge >= 0.3 is 12.0 Å². The Balaban J connectivity index is 1.61. The number of aliphatic carboxylic acids is 1. The van der Waals surface area contributed by atoms with E-state index in [2.05, 4.69) is 10.2 Å². The molecule has 0 radical (unpaired) electrons. The summed E-state index contributed by atoms with van der Waals surface area (Å²) < 4.78 is 10.6. The number of urea groups is 1. The van der Waals surface area contributed by atoms with E-state index in [4.69, 9.17) is 14.3 Å². The molecule has 28 heavy (non-hydrogen) atoms. The van der Waals surface area contributed by atoms with E-state index >= 15 is 0 Å². The van der Waals surface area contributed by atoms with Crippen LogP contribution in [-0.2, 0) is 16.1 Å². The summed E-state index contributed by atoms with van der Waals surface area (Å²) in [7, 11) is 0. The summed E-state index contributed by atoms with van der Waals surface area (Å²) in [6, 6.07) is 10.7. The predicted octanol–water partition coefficient (Wildman–Crippen LogP) is 2.47. The van der Waals surface area contributed by atoms with Crippen LogP contribution in [-0.4, -0.2) is 54.9 Å². The van der Waals surface area contributed by atoms with Crippen molar-refractivity contribution >= 4 is 17.7 Å². The Morgan fingerprint density at radius 1 is 1.21 bits per heavy atom. The minimum Gasteiger partial charge on any atom is -0.480 e.